The molecule has 0 saturated carbocycles. The van der Waals surface area contributed by atoms with E-state index >= 15 is 0 Å². The van der Waals surface area contributed by atoms with Gasteiger partial charge in [0.25, 0.3) is 5.91 Å². The van der Waals surface area contributed by atoms with Gasteiger partial charge in [-0.05, 0) is 76.6 Å². The number of carbonyl (C=O) groups is 1. The normalized spacial score (nSPS) is 23.8. The molecule has 1 aromatic heterocycles. The number of aromatic nitrogens is 2. The molecule has 1 aromatic carbocycles. The number of hydrogen-bond acceptors (Lipinski definition) is 8. The van der Waals surface area contributed by atoms with Gasteiger partial charge in [0, 0.05) is 55.9 Å². The van der Waals surface area contributed by atoms with Crippen LogP contribution in [0.1, 0.15) is 55.8 Å². The summed E-state index contributed by atoms with van der Waals surface area (Å²) in [6.07, 6.45) is 7.66. The second-order valence-electron chi connectivity index (χ2n) is 12.0. The lowest BCUT2D eigenvalue weighted by molar-refractivity contribution is -0.127. The van der Waals surface area contributed by atoms with Crippen LogP contribution in [0.4, 0.5) is 11.5 Å². The molecule has 1 aliphatic carbocycles. The van der Waals surface area contributed by atoms with Crippen LogP contribution < -0.4 is 14.5 Å². The van der Waals surface area contributed by atoms with Crippen molar-refractivity contribution in [1.29, 1.82) is 5.26 Å². The zero-order valence-corrected chi connectivity index (χ0v) is 24.9. The van der Waals surface area contributed by atoms with Gasteiger partial charge in [-0.1, -0.05) is 24.1 Å². The number of para-hydroxylation sites is 1. The minimum absolute atomic E-state index is 0.212. The Morgan fingerprint density at radius 3 is 2.76 bits per heavy atom. The molecule has 0 N–H and O–H groups in total. The third-order valence-electron chi connectivity index (χ3n) is 9.47. The van der Waals surface area contributed by atoms with Crippen molar-refractivity contribution < 1.29 is 9.53 Å². The molecule has 220 valence electrons. The van der Waals surface area contributed by atoms with Crippen LogP contribution in [0.25, 0.3) is 0 Å². The van der Waals surface area contributed by atoms with Crippen LogP contribution in [-0.4, -0.2) is 90.2 Å². The third-order valence-corrected chi connectivity index (χ3v) is 9.47. The molecule has 6 rings (SSSR count). The van der Waals surface area contributed by atoms with E-state index in [2.05, 4.69) is 63.9 Å². The van der Waals surface area contributed by atoms with Crippen LogP contribution in [0.2, 0.25) is 0 Å². The minimum Gasteiger partial charge on any atom is -0.462 e. The lowest BCUT2D eigenvalue weighted by Crippen LogP contribution is -2.55. The van der Waals surface area contributed by atoms with Gasteiger partial charge in [-0.25, -0.2) is 0 Å². The molecule has 4 heterocycles. The average molecular weight is 568 g/mol. The zero-order chi connectivity index (χ0) is 29.1. The van der Waals surface area contributed by atoms with Crippen LogP contribution in [0.5, 0.6) is 6.01 Å². The highest BCUT2D eigenvalue weighted by Gasteiger charge is 2.35. The van der Waals surface area contributed by atoms with Crippen molar-refractivity contribution in [2.45, 2.75) is 76.4 Å². The maximum absolute atomic E-state index is 12.7. The Balaban J connectivity index is 1.29. The number of nitrogens with zero attached hydrogens (tertiary/aromatic N) is 7. The molecule has 0 spiro atoms. The summed E-state index contributed by atoms with van der Waals surface area (Å²) in [6, 6.07) is 12.1. The highest BCUT2D eigenvalue weighted by Crippen LogP contribution is 2.37. The fourth-order valence-electron chi connectivity index (χ4n) is 7.22. The van der Waals surface area contributed by atoms with Gasteiger partial charge in [-0.15, -0.1) is 0 Å². The van der Waals surface area contributed by atoms with Gasteiger partial charge in [-0.3, -0.25) is 4.79 Å². The molecule has 3 aliphatic heterocycles. The summed E-state index contributed by atoms with van der Waals surface area (Å²) in [4.78, 5) is 31.7. The number of ether oxygens (including phenoxy) is 1. The smallest absolute Gasteiger partial charge is 0.318 e. The highest BCUT2D eigenvalue weighted by molar-refractivity contribution is 5.93. The first-order valence-electron chi connectivity index (χ1n) is 15.5. The number of likely N-dealkylation sites (tertiary alicyclic amines) is 1. The van der Waals surface area contributed by atoms with Crippen molar-refractivity contribution in [3.63, 3.8) is 0 Å². The first kappa shape index (κ1) is 28.3. The Morgan fingerprint density at radius 1 is 1.07 bits per heavy atom. The molecule has 1 unspecified atom stereocenters. The van der Waals surface area contributed by atoms with Gasteiger partial charge in [0.1, 0.15) is 12.4 Å². The fraction of sp³-hybridized carbons (Fsp3) is 0.576. The Kier molecular flexibility index (Phi) is 8.48. The predicted molar refractivity (Wildman–Crippen MR) is 162 cm³/mol. The van der Waals surface area contributed by atoms with Crippen LogP contribution in [0, 0.1) is 23.2 Å². The zero-order valence-electron chi connectivity index (χ0n) is 24.9. The lowest BCUT2D eigenvalue weighted by Gasteiger charge is -2.43. The summed E-state index contributed by atoms with van der Waals surface area (Å²) in [5.41, 5.74) is 5.06. The number of fused-ring (bicyclic) bond motifs is 2. The maximum atomic E-state index is 12.7. The third kappa shape index (κ3) is 5.76. The molecule has 2 fully saturated rings. The van der Waals surface area contributed by atoms with E-state index < -0.39 is 0 Å². The summed E-state index contributed by atoms with van der Waals surface area (Å²) in [5, 5.41) is 9.56. The molecule has 4 aliphatic rings. The van der Waals surface area contributed by atoms with E-state index in [1.807, 2.05) is 0 Å². The van der Waals surface area contributed by atoms with Gasteiger partial charge >= 0.3 is 6.01 Å². The monoisotopic (exact) mass is 567 g/mol. The largest absolute Gasteiger partial charge is 0.462 e. The van der Waals surface area contributed by atoms with E-state index in [4.69, 9.17) is 14.7 Å². The van der Waals surface area contributed by atoms with Crippen LogP contribution in [0.3, 0.4) is 0 Å². The number of piperazine rings is 1. The number of hydrogen-bond donors (Lipinski definition) is 0. The number of rotatable bonds is 6. The van der Waals surface area contributed by atoms with Gasteiger partial charge in [0.2, 0.25) is 0 Å². The summed E-state index contributed by atoms with van der Waals surface area (Å²) in [6.45, 7) is 6.09. The topological polar surface area (TPSA) is 88.8 Å². The summed E-state index contributed by atoms with van der Waals surface area (Å²) >= 11 is 0. The maximum Gasteiger partial charge on any atom is 0.318 e. The Hall–Kier alpha value is -3.82. The molecule has 9 heteroatoms. The van der Waals surface area contributed by atoms with E-state index in [0.29, 0.717) is 44.3 Å². The number of aryl methyl sites for hydroxylation is 1. The first-order valence-corrected chi connectivity index (χ1v) is 15.5. The number of benzene rings is 1. The number of amides is 1. The standard InChI is InChI=1S/C33H41N7O2/c1-3-8-31(41)40-20-19-38(22-26(40)15-16-34)32-28-14-13-25(39-18-6-10-24-9-4-5-12-30(24)39)21-29(28)35-33(36-32)42-23-27-11-7-17-37(27)2/h4-5,9,12,25-27H,6-7,10-11,13-15,17-23H2,1-2H3/t25?,26-,27-/m0/s1. The van der Waals surface area contributed by atoms with Crippen LogP contribution in [-0.2, 0) is 24.1 Å². The minimum atomic E-state index is -0.236. The molecule has 1 amide bonds. The van der Waals surface area contributed by atoms with Crippen LogP contribution >= 0.6 is 0 Å². The average Bonchev–Trinajstić information content (AvgIpc) is 3.43. The van der Waals surface area contributed by atoms with Crippen molar-refractivity contribution in [1.82, 2.24) is 19.8 Å². The number of anilines is 2. The predicted octanol–water partition coefficient (Wildman–Crippen LogP) is 3.21. The van der Waals surface area contributed by atoms with Crippen LogP contribution in [0.15, 0.2) is 24.3 Å². The Bertz CT molecular complexity index is 1410. The lowest BCUT2D eigenvalue weighted by atomic mass is 9.88. The van der Waals surface area contributed by atoms with Crippen molar-refractivity contribution >= 4 is 17.4 Å². The molecule has 0 bridgehead atoms. The Morgan fingerprint density at radius 2 is 1.95 bits per heavy atom. The summed E-state index contributed by atoms with van der Waals surface area (Å²) < 4.78 is 6.32. The van der Waals surface area contributed by atoms with Crippen molar-refractivity contribution in [3.8, 4) is 23.9 Å². The van der Waals surface area contributed by atoms with E-state index in [0.717, 1.165) is 56.7 Å². The van der Waals surface area contributed by atoms with E-state index in [1.165, 1.54) is 29.7 Å². The van der Waals surface area contributed by atoms with Gasteiger partial charge in [-0.2, -0.15) is 15.2 Å². The van der Waals surface area contributed by atoms with E-state index in [9.17, 15) is 10.1 Å². The van der Waals surface area contributed by atoms with E-state index in [-0.39, 0.29) is 18.4 Å². The van der Waals surface area contributed by atoms with Crippen molar-refractivity contribution in [2.75, 3.05) is 56.2 Å². The Labute approximate surface area is 249 Å². The molecular formula is C33H41N7O2. The highest BCUT2D eigenvalue weighted by atomic mass is 16.5. The number of nitriles is 1. The number of carbonyl (C=O) groups excluding carboxylic acids is 1. The second-order valence-corrected chi connectivity index (χ2v) is 12.0. The fourth-order valence-corrected chi connectivity index (χ4v) is 7.22. The van der Waals surface area contributed by atoms with Gasteiger partial charge in [0.05, 0.1) is 24.2 Å². The molecule has 9 nitrogen and oxygen atoms in total. The van der Waals surface area contributed by atoms with Gasteiger partial charge in [0.15, 0.2) is 0 Å². The molecule has 2 saturated heterocycles. The SMILES string of the molecule is CC#CC(=O)N1CCN(c2nc(OC[C@@H]3CCCN3C)nc3c2CCC(N2CCCc4ccccc42)C3)C[C@@H]1CC#N. The second kappa shape index (κ2) is 12.6. The van der Waals surface area contributed by atoms with Crippen molar-refractivity contribution in [3.05, 3.63) is 41.1 Å². The molecule has 0 radical (unpaired) electrons. The number of likely N-dealkylation sites (N-methyl/N-ethyl adjacent to an activating group) is 1. The first-order chi connectivity index (χ1) is 20.6. The summed E-state index contributed by atoms with van der Waals surface area (Å²) in [5.74, 6) is 6.07. The molecule has 2 aromatic rings. The molecule has 3 atom stereocenters. The quantitative estimate of drug-likeness (QED) is 0.492. The van der Waals surface area contributed by atoms with Crippen molar-refractivity contribution in [2.24, 2.45) is 0 Å². The van der Waals surface area contributed by atoms with Gasteiger partial charge < -0.3 is 24.3 Å². The van der Waals surface area contributed by atoms with E-state index in [1.54, 1.807) is 11.8 Å². The summed E-state index contributed by atoms with van der Waals surface area (Å²) in [7, 11) is 2.15. The molecular weight excluding hydrogens is 526 g/mol. The molecule has 42 heavy (non-hydrogen) atoms.